The zero-order chi connectivity index (χ0) is 14.0. The van der Waals surface area contributed by atoms with Gasteiger partial charge in [-0.25, -0.2) is 0 Å². The van der Waals surface area contributed by atoms with Crippen molar-refractivity contribution in [1.29, 1.82) is 0 Å². The van der Waals surface area contributed by atoms with Crippen molar-refractivity contribution in [3.05, 3.63) is 23.8 Å². The Morgan fingerprint density at radius 2 is 2.21 bits per heavy atom. The normalized spacial score (nSPS) is 22.7. The number of rotatable bonds is 4. The number of nitrogens with zero attached hydrogens (tertiary/aromatic N) is 1. The molecule has 19 heavy (non-hydrogen) atoms. The van der Waals surface area contributed by atoms with Crippen molar-refractivity contribution in [2.24, 2.45) is 11.1 Å². The Bertz CT molecular complexity index is 445. The molecule has 4 heteroatoms. The lowest BCUT2D eigenvalue weighted by atomic mass is 9.96. The highest BCUT2D eigenvalue weighted by molar-refractivity contribution is 7.97. The van der Waals surface area contributed by atoms with Gasteiger partial charge in [-0.2, -0.15) is 0 Å². The minimum absolute atomic E-state index is 0.324. The Balaban J connectivity index is 1.97. The highest BCUT2D eigenvalue weighted by Crippen LogP contribution is 2.32. The first-order valence-electron chi connectivity index (χ1n) is 6.85. The maximum atomic E-state index is 5.74. The first-order valence-corrected chi connectivity index (χ1v) is 7.73. The topological polar surface area (TPSA) is 41.3 Å². The molecule has 1 aromatic carbocycles. The van der Waals surface area contributed by atoms with Crippen LogP contribution in [0.5, 0.6) is 0 Å². The van der Waals surface area contributed by atoms with Crippen LogP contribution in [0.2, 0.25) is 0 Å². The van der Waals surface area contributed by atoms with E-state index in [0.29, 0.717) is 11.5 Å². The van der Waals surface area contributed by atoms with Gasteiger partial charge in [0, 0.05) is 29.2 Å². The summed E-state index contributed by atoms with van der Waals surface area (Å²) in [6.07, 6.45) is 1.24. The zero-order valence-corrected chi connectivity index (χ0v) is 13.2. The van der Waals surface area contributed by atoms with Crippen LogP contribution in [0.25, 0.3) is 0 Å². The van der Waals surface area contributed by atoms with Crippen molar-refractivity contribution >= 4 is 17.6 Å². The first-order chi connectivity index (χ1) is 8.92. The fourth-order valence-electron chi connectivity index (χ4n) is 2.83. The van der Waals surface area contributed by atoms with Crippen molar-refractivity contribution in [2.45, 2.75) is 37.6 Å². The Morgan fingerprint density at radius 1 is 1.47 bits per heavy atom. The molecule has 1 heterocycles. The lowest BCUT2D eigenvalue weighted by molar-refractivity contribution is 0.218. The standard InChI is InChI=1S/C15H25N3S/c1-11-5-6-13(14(7-11)19-16)17-9-12-8-15(2,3)18(4)10-12/h5-7,12,17H,8-10,16H2,1-4H3/t12-/m1/s1. The molecule has 1 fully saturated rings. The predicted octanol–water partition coefficient (Wildman–Crippen LogP) is 3.10. The van der Waals surface area contributed by atoms with Crippen LogP contribution in [-0.4, -0.2) is 30.6 Å². The maximum absolute atomic E-state index is 5.74. The summed E-state index contributed by atoms with van der Waals surface area (Å²) in [5.41, 5.74) is 2.73. The van der Waals surface area contributed by atoms with Crippen molar-refractivity contribution in [3.63, 3.8) is 0 Å². The van der Waals surface area contributed by atoms with E-state index in [1.54, 1.807) is 0 Å². The van der Waals surface area contributed by atoms with Gasteiger partial charge in [0.05, 0.1) is 0 Å². The van der Waals surface area contributed by atoms with Crippen LogP contribution >= 0.6 is 11.9 Å². The highest BCUT2D eigenvalue weighted by Gasteiger charge is 2.35. The minimum atomic E-state index is 0.324. The van der Waals surface area contributed by atoms with E-state index >= 15 is 0 Å². The quantitative estimate of drug-likeness (QED) is 0.831. The number of benzene rings is 1. The molecule has 0 saturated carbocycles. The number of anilines is 1. The Hall–Kier alpha value is -0.710. The van der Waals surface area contributed by atoms with E-state index in [1.807, 2.05) is 0 Å². The van der Waals surface area contributed by atoms with Gasteiger partial charge >= 0.3 is 0 Å². The van der Waals surface area contributed by atoms with Gasteiger partial charge in [0.1, 0.15) is 0 Å². The van der Waals surface area contributed by atoms with E-state index in [1.165, 1.54) is 23.9 Å². The summed E-state index contributed by atoms with van der Waals surface area (Å²) in [6.45, 7) is 8.92. The third-order valence-electron chi connectivity index (χ3n) is 4.20. The summed E-state index contributed by atoms with van der Waals surface area (Å²) < 4.78 is 0. The number of nitrogens with one attached hydrogen (secondary N) is 1. The van der Waals surface area contributed by atoms with Gasteiger partial charge in [0.25, 0.3) is 0 Å². The summed E-state index contributed by atoms with van der Waals surface area (Å²) in [6, 6.07) is 6.40. The smallest absolute Gasteiger partial charge is 0.0491 e. The molecule has 0 aliphatic carbocycles. The molecule has 1 aromatic rings. The number of aryl methyl sites for hydroxylation is 1. The van der Waals surface area contributed by atoms with Gasteiger partial charge in [0.2, 0.25) is 0 Å². The maximum Gasteiger partial charge on any atom is 0.0491 e. The number of hydrogen-bond donors (Lipinski definition) is 2. The van der Waals surface area contributed by atoms with Crippen molar-refractivity contribution in [2.75, 3.05) is 25.5 Å². The molecule has 0 aromatic heterocycles. The van der Waals surface area contributed by atoms with E-state index in [-0.39, 0.29) is 0 Å². The second-order valence-electron chi connectivity index (χ2n) is 6.26. The molecular formula is C15H25N3S. The van der Waals surface area contributed by atoms with Gasteiger partial charge < -0.3 is 10.2 Å². The Morgan fingerprint density at radius 3 is 2.79 bits per heavy atom. The monoisotopic (exact) mass is 279 g/mol. The number of likely N-dealkylation sites (tertiary alicyclic amines) is 1. The van der Waals surface area contributed by atoms with Crippen molar-refractivity contribution in [1.82, 2.24) is 4.90 Å². The molecule has 1 atom stereocenters. The fraction of sp³-hybridized carbons (Fsp3) is 0.600. The molecule has 0 amide bonds. The first kappa shape index (κ1) is 14.7. The lowest BCUT2D eigenvalue weighted by Gasteiger charge is -2.26. The molecule has 1 saturated heterocycles. The minimum Gasteiger partial charge on any atom is -0.384 e. The summed E-state index contributed by atoms with van der Waals surface area (Å²) in [5, 5.41) is 9.30. The van der Waals surface area contributed by atoms with Gasteiger partial charge in [-0.1, -0.05) is 6.07 Å². The molecule has 1 aliphatic rings. The fourth-order valence-corrected chi connectivity index (χ4v) is 3.35. The molecule has 0 unspecified atom stereocenters. The van der Waals surface area contributed by atoms with E-state index in [9.17, 15) is 0 Å². The van der Waals surface area contributed by atoms with Gasteiger partial charge in [-0.15, -0.1) is 0 Å². The average Bonchev–Trinajstić information content (AvgIpc) is 2.61. The molecule has 0 bridgehead atoms. The van der Waals surface area contributed by atoms with Crippen LogP contribution in [0.1, 0.15) is 25.8 Å². The summed E-state index contributed by atoms with van der Waals surface area (Å²) >= 11 is 1.32. The van der Waals surface area contributed by atoms with Gasteiger partial charge in [0.15, 0.2) is 0 Å². The molecular weight excluding hydrogens is 254 g/mol. The van der Waals surface area contributed by atoms with E-state index < -0.39 is 0 Å². The third kappa shape index (κ3) is 3.44. The van der Waals surface area contributed by atoms with Crippen LogP contribution in [0.3, 0.4) is 0 Å². The second-order valence-corrected chi connectivity index (χ2v) is 6.94. The van der Waals surface area contributed by atoms with Crippen molar-refractivity contribution < 1.29 is 0 Å². The molecule has 3 nitrogen and oxygen atoms in total. The van der Waals surface area contributed by atoms with Crippen LogP contribution < -0.4 is 10.5 Å². The Labute approximate surface area is 121 Å². The second kappa shape index (κ2) is 5.73. The highest BCUT2D eigenvalue weighted by atomic mass is 32.2. The summed E-state index contributed by atoms with van der Waals surface area (Å²) in [4.78, 5) is 3.58. The van der Waals surface area contributed by atoms with Crippen molar-refractivity contribution in [3.8, 4) is 0 Å². The van der Waals surface area contributed by atoms with E-state index in [2.05, 4.69) is 56.2 Å². The number of nitrogens with two attached hydrogens (primary N) is 1. The Kier molecular flexibility index (Phi) is 4.43. The molecule has 2 rings (SSSR count). The largest absolute Gasteiger partial charge is 0.384 e. The third-order valence-corrected chi connectivity index (χ3v) is 4.79. The average molecular weight is 279 g/mol. The van der Waals surface area contributed by atoms with Gasteiger partial charge in [-0.3, -0.25) is 5.14 Å². The molecule has 3 N–H and O–H groups in total. The zero-order valence-electron chi connectivity index (χ0n) is 12.4. The van der Waals surface area contributed by atoms with Gasteiger partial charge in [-0.05, 0) is 69.8 Å². The van der Waals surface area contributed by atoms with E-state index in [0.717, 1.165) is 23.7 Å². The molecule has 0 spiro atoms. The lowest BCUT2D eigenvalue weighted by Crippen LogP contribution is -2.34. The number of hydrogen-bond acceptors (Lipinski definition) is 4. The van der Waals surface area contributed by atoms with Crippen LogP contribution in [-0.2, 0) is 0 Å². The predicted molar refractivity (Wildman–Crippen MR) is 84.5 cm³/mol. The van der Waals surface area contributed by atoms with E-state index in [4.69, 9.17) is 5.14 Å². The molecule has 1 aliphatic heterocycles. The molecule has 0 radical (unpaired) electrons. The van der Waals surface area contributed by atoms with Crippen LogP contribution in [0.4, 0.5) is 5.69 Å². The molecule has 106 valence electrons. The summed E-state index contributed by atoms with van der Waals surface area (Å²) in [7, 11) is 2.22. The van der Waals surface area contributed by atoms with Crippen LogP contribution in [0, 0.1) is 12.8 Å². The summed E-state index contributed by atoms with van der Waals surface area (Å²) in [5.74, 6) is 0.705. The SMILES string of the molecule is Cc1ccc(NC[C@@H]2CN(C)C(C)(C)C2)c(SN)c1. The van der Waals surface area contributed by atoms with Crippen LogP contribution in [0.15, 0.2) is 23.1 Å².